The number of aromatic nitrogens is 1. The van der Waals surface area contributed by atoms with Crippen LogP contribution in [0.5, 0.6) is 5.75 Å². The number of esters is 1. The zero-order valence-corrected chi connectivity index (χ0v) is 16.3. The van der Waals surface area contributed by atoms with Gasteiger partial charge in [0.1, 0.15) is 17.7 Å². The normalized spacial score (nSPS) is 10.8. The average Bonchev–Trinajstić information content (AvgIpc) is 2.78. The van der Waals surface area contributed by atoms with Gasteiger partial charge < -0.3 is 14.8 Å². The minimum absolute atomic E-state index is 0.124. The molecule has 2 aromatic carbocycles. The summed E-state index contributed by atoms with van der Waals surface area (Å²) in [4.78, 5) is 29.0. The number of carbonyl (C=O) groups excluding carboxylic acids is 2. The predicted molar refractivity (Wildman–Crippen MR) is 108 cm³/mol. The fourth-order valence-corrected chi connectivity index (χ4v) is 3.00. The third-order valence-corrected chi connectivity index (χ3v) is 4.71. The molecule has 29 heavy (non-hydrogen) atoms. The number of pyridine rings is 1. The summed E-state index contributed by atoms with van der Waals surface area (Å²) in [7, 11) is 1.46. The Morgan fingerprint density at radius 2 is 1.52 bits per heavy atom. The topological polar surface area (TPSA) is 77.5 Å². The van der Waals surface area contributed by atoms with Crippen molar-refractivity contribution in [3.8, 4) is 5.75 Å². The summed E-state index contributed by atoms with van der Waals surface area (Å²) in [6.45, 7) is 1.71. The molecule has 1 N–H and O–H groups in total. The summed E-state index contributed by atoms with van der Waals surface area (Å²) < 4.78 is 10.8. The molecule has 1 heterocycles. The van der Waals surface area contributed by atoms with Gasteiger partial charge >= 0.3 is 12.1 Å². The maximum absolute atomic E-state index is 13.3. The molecule has 3 aromatic rings. The van der Waals surface area contributed by atoms with E-state index in [0.717, 1.165) is 11.1 Å². The number of amides is 1. The van der Waals surface area contributed by atoms with Crippen LogP contribution in [-0.2, 0) is 21.6 Å². The number of ether oxygens (including phenoxy) is 2. The van der Waals surface area contributed by atoms with Gasteiger partial charge in [-0.05, 0) is 30.2 Å². The first-order valence-corrected chi connectivity index (χ1v) is 9.17. The van der Waals surface area contributed by atoms with Crippen LogP contribution in [0.25, 0.3) is 0 Å². The maximum Gasteiger partial charge on any atom is 0.412 e. The van der Waals surface area contributed by atoms with Crippen molar-refractivity contribution in [3.63, 3.8) is 0 Å². The van der Waals surface area contributed by atoms with Crippen molar-refractivity contribution in [2.75, 3.05) is 7.05 Å². The van der Waals surface area contributed by atoms with E-state index in [-0.39, 0.29) is 12.4 Å². The molecule has 0 fully saturated rings. The highest BCUT2D eigenvalue weighted by Gasteiger charge is 2.38. The second-order valence-electron chi connectivity index (χ2n) is 6.52. The third-order valence-electron chi connectivity index (χ3n) is 4.71. The van der Waals surface area contributed by atoms with E-state index in [1.54, 1.807) is 18.3 Å². The van der Waals surface area contributed by atoms with Crippen molar-refractivity contribution in [1.82, 2.24) is 10.3 Å². The molecule has 0 aliphatic rings. The van der Waals surface area contributed by atoms with Crippen molar-refractivity contribution in [2.45, 2.75) is 18.9 Å². The first-order valence-electron chi connectivity index (χ1n) is 9.17. The molecule has 0 saturated carbocycles. The van der Waals surface area contributed by atoms with Crippen molar-refractivity contribution in [1.29, 1.82) is 0 Å². The standard InChI is InChI=1S/C23H22N2O4/c1-23(17-10-5-3-6-11-17,18-12-7-4-8-13-18)21(26)28-16-19-20(14-9-15-25-19)29-22(27)24-2/h3-15H,16H2,1-2H3,(H,24,27). The highest BCUT2D eigenvalue weighted by Crippen LogP contribution is 2.33. The van der Waals surface area contributed by atoms with Gasteiger partial charge in [0.25, 0.3) is 0 Å². The summed E-state index contributed by atoms with van der Waals surface area (Å²) in [5.41, 5.74) is 0.991. The zero-order valence-electron chi connectivity index (χ0n) is 16.3. The Labute approximate surface area is 169 Å². The number of benzene rings is 2. The lowest BCUT2D eigenvalue weighted by Crippen LogP contribution is -2.35. The summed E-state index contributed by atoms with van der Waals surface area (Å²) in [5.74, 6) is -0.188. The van der Waals surface area contributed by atoms with Crippen LogP contribution < -0.4 is 10.1 Å². The summed E-state index contributed by atoms with van der Waals surface area (Å²) >= 11 is 0. The average molecular weight is 390 g/mol. The summed E-state index contributed by atoms with van der Waals surface area (Å²) in [6, 6.07) is 22.2. The second kappa shape index (κ2) is 9.01. The van der Waals surface area contributed by atoms with Crippen molar-refractivity contribution >= 4 is 12.1 Å². The van der Waals surface area contributed by atoms with Crippen LogP contribution in [0.1, 0.15) is 23.7 Å². The number of hydrogen-bond donors (Lipinski definition) is 1. The van der Waals surface area contributed by atoms with Gasteiger partial charge in [-0.1, -0.05) is 60.7 Å². The molecule has 0 aliphatic heterocycles. The van der Waals surface area contributed by atoms with Crippen molar-refractivity contribution in [2.24, 2.45) is 0 Å². The fourth-order valence-electron chi connectivity index (χ4n) is 3.00. The molecule has 0 aliphatic carbocycles. The molecule has 0 atom stereocenters. The summed E-state index contributed by atoms with van der Waals surface area (Å²) in [5, 5.41) is 2.38. The van der Waals surface area contributed by atoms with E-state index < -0.39 is 17.5 Å². The fraction of sp³-hybridized carbons (Fsp3) is 0.174. The Bertz CT molecular complexity index is 935. The van der Waals surface area contributed by atoms with Crippen LogP contribution in [0.3, 0.4) is 0 Å². The van der Waals surface area contributed by atoms with E-state index >= 15 is 0 Å². The Hall–Kier alpha value is -3.67. The van der Waals surface area contributed by atoms with Crippen LogP contribution in [0.2, 0.25) is 0 Å². The van der Waals surface area contributed by atoms with E-state index in [0.29, 0.717) is 5.69 Å². The van der Waals surface area contributed by atoms with E-state index in [9.17, 15) is 9.59 Å². The lowest BCUT2D eigenvalue weighted by Gasteiger charge is -2.28. The number of hydrogen-bond acceptors (Lipinski definition) is 5. The van der Waals surface area contributed by atoms with E-state index in [1.807, 2.05) is 67.6 Å². The van der Waals surface area contributed by atoms with Gasteiger partial charge in [0, 0.05) is 13.2 Å². The SMILES string of the molecule is CNC(=O)Oc1cccnc1COC(=O)C(C)(c1ccccc1)c1ccccc1. The number of nitrogens with one attached hydrogen (secondary N) is 1. The van der Waals surface area contributed by atoms with Gasteiger partial charge in [-0.25, -0.2) is 4.79 Å². The van der Waals surface area contributed by atoms with E-state index in [2.05, 4.69) is 10.3 Å². The minimum Gasteiger partial charge on any atom is -0.458 e. The third kappa shape index (κ3) is 4.43. The van der Waals surface area contributed by atoms with E-state index in [4.69, 9.17) is 9.47 Å². The molecule has 148 valence electrons. The van der Waals surface area contributed by atoms with Crippen LogP contribution in [0, 0.1) is 0 Å². The first-order chi connectivity index (χ1) is 14.1. The smallest absolute Gasteiger partial charge is 0.412 e. The second-order valence-corrected chi connectivity index (χ2v) is 6.52. The number of nitrogens with zero attached hydrogens (tertiary/aromatic N) is 1. The molecule has 1 amide bonds. The maximum atomic E-state index is 13.3. The molecular formula is C23H22N2O4. The molecule has 0 saturated heterocycles. The molecule has 0 spiro atoms. The molecule has 3 rings (SSSR count). The Morgan fingerprint density at radius 3 is 2.07 bits per heavy atom. The molecule has 1 aromatic heterocycles. The van der Waals surface area contributed by atoms with Gasteiger partial charge in [0.05, 0.1) is 0 Å². The monoisotopic (exact) mass is 390 g/mol. The number of rotatable bonds is 6. The molecule has 0 unspecified atom stereocenters. The molecule has 0 bridgehead atoms. The van der Waals surface area contributed by atoms with Crippen molar-refractivity contribution in [3.05, 3.63) is 95.8 Å². The highest BCUT2D eigenvalue weighted by molar-refractivity contribution is 5.87. The van der Waals surface area contributed by atoms with Crippen LogP contribution in [0.4, 0.5) is 4.79 Å². The van der Waals surface area contributed by atoms with Gasteiger partial charge in [-0.3, -0.25) is 9.78 Å². The Morgan fingerprint density at radius 1 is 0.931 bits per heavy atom. The van der Waals surface area contributed by atoms with Gasteiger partial charge in [0.2, 0.25) is 0 Å². The largest absolute Gasteiger partial charge is 0.458 e. The van der Waals surface area contributed by atoms with Crippen molar-refractivity contribution < 1.29 is 19.1 Å². The molecule has 0 radical (unpaired) electrons. The zero-order chi connectivity index (χ0) is 20.7. The lowest BCUT2D eigenvalue weighted by molar-refractivity contribution is -0.149. The Kier molecular flexibility index (Phi) is 6.24. The molecule has 6 heteroatoms. The van der Waals surface area contributed by atoms with Crippen LogP contribution >= 0.6 is 0 Å². The van der Waals surface area contributed by atoms with Gasteiger partial charge in [-0.15, -0.1) is 0 Å². The van der Waals surface area contributed by atoms with Crippen LogP contribution in [-0.4, -0.2) is 24.1 Å². The lowest BCUT2D eigenvalue weighted by atomic mass is 9.76. The van der Waals surface area contributed by atoms with E-state index in [1.165, 1.54) is 7.05 Å². The highest BCUT2D eigenvalue weighted by atomic mass is 16.6. The van der Waals surface area contributed by atoms with Crippen LogP contribution in [0.15, 0.2) is 79.0 Å². The Balaban J connectivity index is 1.87. The number of carbonyl (C=O) groups is 2. The summed E-state index contributed by atoms with van der Waals surface area (Å²) in [6.07, 6.45) is 0.928. The molecular weight excluding hydrogens is 368 g/mol. The van der Waals surface area contributed by atoms with Gasteiger partial charge in [0.15, 0.2) is 5.75 Å². The predicted octanol–water partition coefficient (Wildman–Crippen LogP) is 3.85. The van der Waals surface area contributed by atoms with Gasteiger partial charge in [-0.2, -0.15) is 0 Å². The quantitative estimate of drug-likeness (QED) is 0.647. The minimum atomic E-state index is -1.00. The molecule has 6 nitrogen and oxygen atoms in total. The first kappa shape index (κ1) is 20.1.